The molecule has 1 heterocycles. The van der Waals surface area contributed by atoms with E-state index in [9.17, 15) is 0 Å². The average Bonchev–Trinajstić information content (AvgIpc) is 2.33. The monoisotopic (exact) mass is 142 g/mol. The first-order chi connectivity index (χ1) is 4.38. The summed E-state index contributed by atoms with van der Waals surface area (Å²) in [4.78, 5) is 0. The predicted octanol–water partition coefficient (Wildman–Crippen LogP) is 2.27. The summed E-state index contributed by atoms with van der Waals surface area (Å²) in [6, 6.07) is 1.99. The van der Waals surface area contributed by atoms with Crippen LogP contribution in [0, 0.1) is 0 Å². The van der Waals surface area contributed by atoms with Gasteiger partial charge in [0, 0.05) is 5.75 Å². The van der Waals surface area contributed by atoms with E-state index in [4.69, 9.17) is 4.42 Å². The minimum absolute atomic E-state index is 0.705. The molecule has 0 aromatic carbocycles. The van der Waals surface area contributed by atoms with Gasteiger partial charge in [0.05, 0.1) is 6.26 Å². The second-order valence-corrected chi connectivity index (χ2v) is 2.20. The van der Waals surface area contributed by atoms with Crippen LogP contribution in [-0.4, -0.2) is 0 Å². The zero-order chi connectivity index (χ0) is 6.69. The van der Waals surface area contributed by atoms with E-state index < -0.39 is 0 Å². The second kappa shape index (κ2) is 2.97. The molecule has 0 bridgehead atoms. The van der Waals surface area contributed by atoms with Crippen molar-refractivity contribution >= 4 is 12.6 Å². The van der Waals surface area contributed by atoms with Crippen LogP contribution < -0.4 is 0 Å². The van der Waals surface area contributed by atoms with Crippen molar-refractivity contribution in [1.29, 1.82) is 0 Å². The first kappa shape index (κ1) is 6.75. The highest BCUT2D eigenvalue weighted by atomic mass is 32.1. The van der Waals surface area contributed by atoms with Crippen LogP contribution in [0.5, 0.6) is 0 Å². The van der Waals surface area contributed by atoms with Gasteiger partial charge in [0.15, 0.2) is 0 Å². The Balaban J connectivity index is 2.85. The predicted molar refractivity (Wildman–Crippen MR) is 40.8 cm³/mol. The normalized spacial score (nSPS) is 10.0. The topological polar surface area (TPSA) is 13.1 Å². The molecule has 0 unspecified atom stereocenters. The molecule has 0 radical (unpaired) electrons. The third-order valence-corrected chi connectivity index (χ3v) is 1.65. The molecule has 9 heavy (non-hydrogen) atoms. The lowest BCUT2D eigenvalue weighted by atomic mass is 10.2. The minimum Gasteiger partial charge on any atom is -0.468 e. The Morgan fingerprint density at radius 3 is 2.89 bits per heavy atom. The molecule has 0 saturated heterocycles. The van der Waals surface area contributed by atoms with E-state index in [1.165, 1.54) is 5.56 Å². The van der Waals surface area contributed by atoms with Gasteiger partial charge < -0.3 is 4.42 Å². The average molecular weight is 142 g/mol. The van der Waals surface area contributed by atoms with Gasteiger partial charge in [0.1, 0.15) is 5.76 Å². The van der Waals surface area contributed by atoms with Crippen LogP contribution >= 0.6 is 12.6 Å². The fourth-order valence-corrected chi connectivity index (χ4v) is 1.10. The fraction of sp³-hybridized carbons (Fsp3) is 0.429. The van der Waals surface area contributed by atoms with E-state index in [-0.39, 0.29) is 0 Å². The molecule has 1 rings (SSSR count). The molecular formula is C7H10OS. The molecule has 0 N–H and O–H groups in total. The number of furan rings is 1. The number of aryl methyl sites for hydroxylation is 1. The molecule has 0 aliphatic heterocycles. The quantitative estimate of drug-likeness (QED) is 0.625. The van der Waals surface area contributed by atoms with Gasteiger partial charge >= 0.3 is 0 Å². The lowest BCUT2D eigenvalue weighted by Crippen LogP contribution is -1.80. The molecule has 0 spiro atoms. The summed E-state index contributed by atoms with van der Waals surface area (Å²) in [5.74, 6) is 1.71. The van der Waals surface area contributed by atoms with E-state index in [0.717, 1.165) is 12.2 Å². The van der Waals surface area contributed by atoms with Crippen molar-refractivity contribution in [2.75, 3.05) is 0 Å². The Hall–Kier alpha value is -0.370. The van der Waals surface area contributed by atoms with Gasteiger partial charge in [-0.05, 0) is 18.1 Å². The molecule has 1 aromatic rings. The van der Waals surface area contributed by atoms with Crippen LogP contribution in [0.4, 0.5) is 0 Å². The highest BCUT2D eigenvalue weighted by Crippen LogP contribution is 2.12. The van der Waals surface area contributed by atoms with Crippen LogP contribution in [0.25, 0.3) is 0 Å². The van der Waals surface area contributed by atoms with Crippen molar-refractivity contribution < 1.29 is 4.42 Å². The Morgan fingerprint density at radius 1 is 1.67 bits per heavy atom. The zero-order valence-electron chi connectivity index (χ0n) is 5.42. The Bertz CT molecular complexity index is 162. The standard InChI is InChI=1S/C7H10OS/c1-2-6-3-4-8-7(6)5-9/h3-4,9H,2,5H2,1H3. The first-order valence-corrected chi connectivity index (χ1v) is 3.67. The third-order valence-electron chi connectivity index (χ3n) is 1.36. The lowest BCUT2D eigenvalue weighted by molar-refractivity contribution is 0.527. The van der Waals surface area contributed by atoms with E-state index in [0.29, 0.717) is 5.75 Å². The first-order valence-electron chi connectivity index (χ1n) is 3.04. The number of thiol groups is 1. The molecule has 1 aromatic heterocycles. The summed E-state index contributed by atoms with van der Waals surface area (Å²) >= 11 is 4.11. The van der Waals surface area contributed by atoms with Gasteiger partial charge in [-0.15, -0.1) is 0 Å². The maximum absolute atomic E-state index is 5.13. The molecule has 0 saturated carbocycles. The van der Waals surface area contributed by atoms with Crippen LogP contribution in [0.2, 0.25) is 0 Å². The number of hydrogen-bond donors (Lipinski definition) is 1. The summed E-state index contributed by atoms with van der Waals surface area (Å²) in [5, 5.41) is 0. The van der Waals surface area contributed by atoms with Crippen LogP contribution in [0.3, 0.4) is 0 Å². The summed E-state index contributed by atoms with van der Waals surface area (Å²) in [7, 11) is 0. The van der Waals surface area contributed by atoms with E-state index >= 15 is 0 Å². The molecular weight excluding hydrogens is 132 g/mol. The van der Waals surface area contributed by atoms with Crippen LogP contribution in [0.15, 0.2) is 16.7 Å². The fourth-order valence-electron chi connectivity index (χ4n) is 0.821. The van der Waals surface area contributed by atoms with Crippen molar-refractivity contribution in [3.05, 3.63) is 23.7 Å². The lowest BCUT2D eigenvalue weighted by Gasteiger charge is -1.91. The summed E-state index contributed by atoms with van der Waals surface area (Å²) in [5.41, 5.74) is 1.27. The highest BCUT2D eigenvalue weighted by molar-refractivity contribution is 7.79. The maximum atomic E-state index is 5.13. The van der Waals surface area contributed by atoms with Gasteiger partial charge in [-0.1, -0.05) is 6.92 Å². The van der Waals surface area contributed by atoms with Crippen molar-refractivity contribution in [1.82, 2.24) is 0 Å². The molecule has 0 aliphatic carbocycles. The Labute approximate surface area is 60.5 Å². The zero-order valence-corrected chi connectivity index (χ0v) is 6.32. The molecule has 0 fully saturated rings. The van der Waals surface area contributed by atoms with Crippen LogP contribution in [-0.2, 0) is 12.2 Å². The van der Waals surface area contributed by atoms with E-state index in [2.05, 4.69) is 19.6 Å². The SMILES string of the molecule is CCc1ccoc1CS. The largest absolute Gasteiger partial charge is 0.468 e. The number of hydrogen-bond acceptors (Lipinski definition) is 2. The van der Waals surface area contributed by atoms with Crippen molar-refractivity contribution in [3.63, 3.8) is 0 Å². The van der Waals surface area contributed by atoms with Crippen molar-refractivity contribution in [2.24, 2.45) is 0 Å². The van der Waals surface area contributed by atoms with Crippen molar-refractivity contribution in [2.45, 2.75) is 19.1 Å². The maximum Gasteiger partial charge on any atom is 0.116 e. The minimum atomic E-state index is 0.705. The van der Waals surface area contributed by atoms with Gasteiger partial charge in [-0.25, -0.2) is 0 Å². The third kappa shape index (κ3) is 1.30. The van der Waals surface area contributed by atoms with E-state index in [1.54, 1.807) is 6.26 Å². The second-order valence-electron chi connectivity index (χ2n) is 1.88. The van der Waals surface area contributed by atoms with Gasteiger partial charge in [0.25, 0.3) is 0 Å². The van der Waals surface area contributed by atoms with Crippen molar-refractivity contribution in [3.8, 4) is 0 Å². The van der Waals surface area contributed by atoms with E-state index in [1.807, 2.05) is 6.07 Å². The molecule has 0 atom stereocenters. The van der Waals surface area contributed by atoms with Gasteiger partial charge in [0.2, 0.25) is 0 Å². The smallest absolute Gasteiger partial charge is 0.116 e. The molecule has 50 valence electrons. The summed E-state index contributed by atoms with van der Waals surface area (Å²) in [6.45, 7) is 2.11. The summed E-state index contributed by atoms with van der Waals surface area (Å²) in [6.07, 6.45) is 2.75. The van der Waals surface area contributed by atoms with Gasteiger partial charge in [-0.2, -0.15) is 12.6 Å². The molecule has 1 nitrogen and oxygen atoms in total. The van der Waals surface area contributed by atoms with Crippen LogP contribution in [0.1, 0.15) is 18.2 Å². The summed E-state index contributed by atoms with van der Waals surface area (Å²) < 4.78 is 5.13. The molecule has 0 amide bonds. The highest BCUT2D eigenvalue weighted by Gasteiger charge is 1.99. The molecule has 0 aliphatic rings. The Kier molecular flexibility index (Phi) is 2.22. The Morgan fingerprint density at radius 2 is 2.44 bits per heavy atom. The van der Waals surface area contributed by atoms with Gasteiger partial charge in [-0.3, -0.25) is 0 Å². The molecule has 2 heteroatoms. The number of rotatable bonds is 2.